The number of aliphatic hydroxyl groups is 1. The lowest BCUT2D eigenvalue weighted by atomic mass is 10.0. The molecule has 4 N–H and O–H groups in total. The van der Waals surface area contributed by atoms with Gasteiger partial charge in [-0.25, -0.2) is 9.78 Å². The van der Waals surface area contributed by atoms with E-state index in [0.29, 0.717) is 5.69 Å². The van der Waals surface area contributed by atoms with Gasteiger partial charge < -0.3 is 20.8 Å². The van der Waals surface area contributed by atoms with Crippen LogP contribution in [0.1, 0.15) is 29.6 Å². The van der Waals surface area contributed by atoms with E-state index in [0.717, 1.165) is 25.8 Å². The van der Waals surface area contributed by atoms with Gasteiger partial charge in [-0.3, -0.25) is 0 Å². The molecule has 1 unspecified atom stereocenters. The van der Waals surface area contributed by atoms with Crippen molar-refractivity contribution in [3.8, 4) is 0 Å². The molecule has 0 saturated carbocycles. The van der Waals surface area contributed by atoms with E-state index in [2.05, 4.69) is 4.98 Å². The largest absolute Gasteiger partial charge is 0.478 e. The highest BCUT2D eigenvalue weighted by molar-refractivity contribution is 5.95. The summed E-state index contributed by atoms with van der Waals surface area (Å²) in [6, 6.07) is 1.32. The van der Waals surface area contributed by atoms with Gasteiger partial charge in [0.1, 0.15) is 5.82 Å². The van der Waals surface area contributed by atoms with Crippen molar-refractivity contribution in [2.45, 2.75) is 25.3 Å². The topological polar surface area (TPSA) is 99.7 Å². The molecule has 0 radical (unpaired) electrons. The van der Waals surface area contributed by atoms with E-state index in [1.54, 1.807) is 0 Å². The van der Waals surface area contributed by atoms with Gasteiger partial charge in [0, 0.05) is 6.54 Å². The van der Waals surface area contributed by atoms with Crippen LogP contribution in [0.3, 0.4) is 0 Å². The Morgan fingerprint density at radius 3 is 3.00 bits per heavy atom. The van der Waals surface area contributed by atoms with Gasteiger partial charge >= 0.3 is 5.97 Å². The highest BCUT2D eigenvalue weighted by atomic mass is 16.4. The fraction of sp³-hybridized carbons (Fsp3) is 0.500. The van der Waals surface area contributed by atoms with Crippen LogP contribution in [0, 0.1) is 0 Å². The van der Waals surface area contributed by atoms with Gasteiger partial charge in [-0.15, -0.1) is 0 Å². The molecule has 1 atom stereocenters. The molecular formula is C12H17N3O3. The first kappa shape index (κ1) is 12.6. The molecule has 2 heterocycles. The van der Waals surface area contributed by atoms with E-state index in [1.165, 1.54) is 12.3 Å². The van der Waals surface area contributed by atoms with E-state index < -0.39 is 5.97 Å². The number of carbonyl (C=O) groups is 1. The second-order valence-corrected chi connectivity index (χ2v) is 4.46. The third-order valence-electron chi connectivity index (χ3n) is 3.28. The number of aromatic carboxylic acids is 1. The van der Waals surface area contributed by atoms with Gasteiger partial charge in [0.25, 0.3) is 0 Å². The number of carboxylic acids is 1. The van der Waals surface area contributed by atoms with Crippen LogP contribution in [0.2, 0.25) is 0 Å². The zero-order valence-electron chi connectivity index (χ0n) is 10.0. The van der Waals surface area contributed by atoms with Crippen molar-refractivity contribution < 1.29 is 15.0 Å². The van der Waals surface area contributed by atoms with E-state index in [4.69, 9.17) is 5.73 Å². The van der Waals surface area contributed by atoms with Crippen molar-refractivity contribution >= 4 is 17.5 Å². The lowest BCUT2D eigenvalue weighted by Gasteiger charge is -2.36. The normalized spacial score (nSPS) is 19.8. The minimum absolute atomic E-state index is 0.0173. The maximum absolute atomic E-state index is 11.2. The molecule has 1 saturated heterocycles. The highest BCUT2D eigenvalue weighted by Gasteiger charge is 2.26. The van der Waals surface area contributed by atoms with E-state index in [1.807, 2.05) is 4.90 Å². The molecule has 6 nitrogen and oxygen atoms in total. The van der Waals surface area contributed by atoms with Crippen LogP contribution < -0.4 is 10.6 Å². The van der Waals surface area contributed by atoms with Gasteiger partial charge in [-0.2, -0.15) is 0 Å². The predicted molar refractivity (Wildman–Crippen MR) is 67.7 cm³/mol. The molecule has 2 rings (SSSR count). The van der Waals surface area contributed by atoms with Crippen LogP contribution in [-0.4, -0.2) is 40.4 Å². The first-order valence-corrected chi connectivity index (χ1v) is 5.99. The summed E-state index contributed by atoms with van der Waals surface area (Å²) >= 11 is 0. The van der Waals surface area contributed by atoms with Crippen LogP contribution in [0.25, 0.3) is 0 Å². The number of nitrogen functional groups attached to an aromatic ring is 1. The van der Waals surface area contributed by atoms with Crippen LogP contribution >= 0.6 is 0 Å². The molecule has 0 aromatic carbocycles. The number of hydrogen-bond acceptors (Lipinski definition) is 5. The minimum Gasteiger partial charge on any atom is -0.478 e. The predicted octanol–water partition coefficient (Wildman–Crippen LogP) is 0.713. The maximum atomic E-state index is 11.2. The number of anilines is 2. The smallest absolute Gasteiger partial charge is 0.338 e. The van der Waals surface area contributed by atoms with Crippen LogP contribution in [0.4, 0.5) is 11.5 Å². The zero-order valence-corrected chi connectivity index (χ0v) is 10.0. The van der Waals surface area contributed by atoms with Crippen LogP contribution in [0.15, 0.2) is 12.3 Å². The van der Waals surface area contributed by atoms with Gasteiger partial charge in [0.05, 0.1) is 30.1 Å². The molecule has 1 aliphatic heterocycles. The average molecular weight is 251 g/mol. The number of aliphatic hydroxyl groups excluding tert-OH is 1. The Kier molecular flexibility index (Phi) is 3.66. The monoisotopic (exact) mass is 251 g/mol. The Bertz CT molecular complexity index is 450. The van der Waals surface area contributed by atoms with Gasteiger partial charge in [0.2, 0.25) is 0 Å². The van der Waals surface area contributed by atoms with Gasteiger partial charge in [-0.1, -0.05) is 0 Å². The summed E-state index contributed by atoms with van der Waals surface area (Å²) in [5, 5.41) is 18.6. The molecule has 18 heavy (non-hydrogen) atoms. The molecular weight excluding hydrogens is 234 g/mol. The van der Waals surface area contributed by atoms with Crippen molar-refractivity contribution in [1.82, 2.24) is 4.98 Å². The van der Waals surface area contributed by atoms with Gasteiger partial charge in [-0.05, 0) is 25.3 Å². The first-order chi connectivity index (χ1) is 8.63. The molecule has 1 aromatic rings. The van der Waals surface area contributed by atoms with E-state index in [9.17, 15) is 15.0 Å². The fourth-order valence-electron chi connectivity index (χ4n) is 2.37. The van der Waals surface area contributed by atoms with Crippen molar-refractivity contribution in [2.75, 3.05) is 23.8 Å². The number of hydrogen-bond donors (Lipinski definition) is 3. The third-order valence-corrected chi connectivity index (χ3v) is 3.28. The number of nitrogens with zero attached hydrogens (tertiary/aromatic N) is 2. The highest BCUT2D eigenvalue weighted by Crippen LogP contribution is 2.28. The number of nitrogens with two attached hydrogens (primary N) is 1. The lowest BCUT2D eigenvalue weighted by molar-refractivity contribution is 0.0697. The molecule has 0 amide bonds. The Morgan fingerprint density at radius 2 is 2.33 bits per heavy atom. The Balaban J connectivity index is 2.39. The van der Waals surface area contributed by atoms with Crippen LogP contribution in [-0.2, 0) is 0 Å². The summed E-state index contributed by atoms with van der Waals surface area (Å²) < 4.78 is 0. The SMILES string of the molecule is Nc1cc(C(=O)O)c(N2CCCCC2CO)cn1. The second-order valence-electron chi connectivity index (χ2n) is 4.46. The number of aromatic nitrogens is 1. The number of pyridine rings is 1. The number of carboxylic acid groups (broad SMARTS) is 1. The molecule has 1 aliphatic rings. The Labute approximate surface area is 105 Å². The lowest BCUT2D eigenvalue weighted by Crippen LogP contribution is -2.42. The summed E-state index contributed by atoms with van der Waals surface area (Å²) in [4.78, 5) is 17.1. The van der Waals surface area contributed by atoms with Crippen molar-refractivity contribution in [3.63, 3.8) is 0 Å². The Morgan fingerprint density at radius 1 is 1.56 bits per heavy atom. The molecule has 0 aliphatic carbocycles. The van der Waals surface area contributed by atoms with Crippen molar-refractivity contribution in [3.05, 3.63) is 17.8 Å². The Hall–Kier alpha value is -1.82. The summed E-state index contributed by atoms with van der Waals surface area (Å²) in [6.07, 6.45) is 4.37. The third kappa shape index (κ3) is 2.38. The average Bonchev–Trinajstić information content (AvgIpc) is 2.38. The maximum Gasteiger partial charge on any atom is 0.338 e. The zero-order chi connectivity index (χ0) is 13.1. The summed E-state index contributed by atoms with van der Waals surface area (Å²) in [6.45, 7) is 0.751. The minimum atomic E-state index is -1.03. The second kappa shape index (κ2) is 5.22. The first-order valence-electron chi connectivity index (χ1n) is 5.99. The quantitative estimate of drug-likeness (QED) is 0.731. The van der Waals surface area contributed by atoms with Crippen molar-refractivity contribution in [1.29, 1.82) is 0 Å². The molecule has 1 fully saturated rings. The standard InChI is InChI=1S/C12H17N3O3/c13-11-5-9(12(17)18)10(6-14-11)15-4-2-1-3-8(15)7-16/h5-6,8,16H,1-4,7H2,(H2,13,14)(H,17,18). The van der Waals surface area contributed by atoms with E-state index >= 15 is 0 Å². The number of piperidine rings is 1. The number of rotatable bonds is 3. The van der Waals surface area contributed by atoms with Crippen LogP contribution in [0.5, 0.6) is 0 Å². The molecule has 0 spiro atoms. The summed E-state index contributed by atoms with van der Waals surface area (Å²) in [5.74, 6) is -0.838. The molecule has 98 valence electrons. The molecule has 6 heteroatoms. The fourth-order valence-corrected chi connectivity index (χ4v) is 2.37. The van der Waals surface area contributed by atoms with E-state index in [-0.39, 0.29) is 24.0 Å². The summed E-state index contributed by atoms with van der Waals surface area (Å²) in [5.41, 5.74) is 6.20. The van der Waals surface area contributed by atoms with Gasteiger partial charge in [0.15, 0.2) is 0 Å². The summed E-state index contributed by atoms with van der Waals surface area (Å²) in [7, 11) is 0. The van der Waals surface area contributed by atoms with Crippen molar-refractivity contribution in [2.24, 2.45) is 0 Å². The molecule has 1 aromatic heterocycles. The molecule has 0 bridgehead atoms.